The van der Waals surface area contributed by atoms with Crippen molar-refractivity contribution in [3.05, 3.63) is 29.6 Å². The largest absolute Gasteiger partial charge is 0.507 e. The van der Waals surface area contributed by atoms with Gasteiger partial charge in [0.1, 0.15) is 11.6 Å². The quantitative estimate of drug-likeness (QED) is 0.739. The van der Waals surface area contributed by atoms with E-state index in [-0.39, 0.29) is 16.9 Å². The lowest BCUT2D eigenvalue weighted by Crippen LogP contribution is -2.54. The maximum absolute atomic E-state index is 12.9. The Hall–Kier alpha value is -1.62. The van der Waals surface area contributed by atoms with Gasteiger partial charge in [0.05, 0.1) is 5.56 Å². The molecule has 0 bridgehead atoms. The fraction of sp³-hybridized carbons (Fsp3) is 0.417. The number of nitrogens with two attached hydrogens (primary N) is 1. The summed E-state index contributed by atoms with van der Waals surface area (Å²) >= 11 is 0. The fourth-order valence-electron chi connectivity index (χ4n) is 1.85. The van der Waals surface area contributed by atoms with Crippen molar-refractivity contribution in [2.45, 2.75) is 24.8 Å². The molecule has 0 atom stereocenters. The molecule has 4 N–H and O–H groups in total. The zero-order chi connectivity index (χ0) is 12.5. The summed E-state index contributed by atoms with van der Waals surface area (Å²) in [4.78, 5) is 11.7. The first-order valence-corrected chi connectivity index (χ1v) is 5.56. The number of amides is 1. The number of halogens is 1. The molecule has 1 aromatic carbocycles. The SMILES string of the molecule is NC1(CNC(=O)c2cc(F)ccc2O)CCC1. The molecule has 17 heavy (non-hydrogen) atoms. The number of phenolic OH excluding ortho intramolecular Hbond substituents is 1. The Morgan fingerprint density at radius 3 is 2.82 bits per heavy atom. The van der Waals surface area contributed by atoms with Crippen molar-refractivity contribution in [3.8, 4) is 5.75 Å². The van der Waals surface area contributed by atoms with E-state index in [1.165, 1.54) is 0 Å². The highest BCUT2D eigenvalue weighted by molar-refractivity contribution is 5.96. The third kappa shape index (κ3) is 2.55. The summed E-state index contributed by atoms with van der Waals surface area (Å²) in [5.41, 5.74) is 5.55. The zero-order valence-electron chi connectivity index (χ0n) is 9.37. The van der Waals surface area contributed by atoms with E-state index in [0.717, 1.165) is 37.5 Å². The van der Waals surface area contributed by atoms with Gasteiger partial charge in [0.25, 0.3) is 5.91 Å². The molecular formula is C12H15FN2O2. The van der Waals surface area contributed by atoms with Crippen LogP contribution in [0.25, 0.3) is 0 Å². The van der Waals surface area contributed by atoms with E-state index in [4.69, 9.17) is 5.73 Å². The lowest BCUT2D eigenvalue weighted by atomic mass is 9.78. The number of benzene rings is 1. The molecule has 1 aliphatic carbocycles. The molecule has 1 aromatic rings. The average Bonchev–Trinajstić information content (AvgIpc) is 2.26. The van der Waals surface area contributed by atoms with Crippen molar-refractivity contribution in [2.75, 3.05) is 6.54 Å². The Balaban J connectivity index is 2.01. The molecular weight excluding hydrogens is 223 g/mol. The lowest BCUT2D eigenvalue weighted by molar-refractivity contribution is 0.0926. The molecule has 0 unspecified atom stereocenters. The van der Waals surface area contributed by atoms with Crippen molar-refractivity contribution < 1.29 is 14.3 Å². The number of carbonyl (C=O) groups is 1. The number of phenols is 1. The van der Waals surface area contributed by atoms with Gasteiger partial charge in [0.2, 0.25) is 0 Å². The summed E-state index contributed by atoms with van der Waals surface area (Å²) < 4.78 is 12.9. The second-order valence-corrected chi connectivity index (χ2v) is 4.56. The van der Waals surface area contributed by atoms with Gasteiger partial charge in [0, 0.05) is 12.1 Å². The minimum absolute atomic E-state index is 0.0621. The number of rotatable bonds is 3. The van der Waals surface area contributed by atoms with E-state index in [1.807, 2.05) is 0 Å². The van der Waals surface area contributed by atoms with Gasteiger partial charge < -0.3 is 16.2 Å². The van der Waals surface area contributed by atoms with Gasteiger partial charge in [-0.15, -0.1) is 0 Å². The van der Waals surface area contributed by atoms with Crippen LogP contribution in [0.3, 0.4) is 0 Å². The summed E-state index contributed by atoms with van der Waals surface area (Å²) in [5.74, 6) is -1.29. The van der Waals surface area contributed by atoms with E-state index in [2.05, 4.69) is 5.32 Å². The van der Waals surface area contributed by atoms with Gasteiger partial charge in [-0.25, -0.2) is 4.39 Å². The summed E-state index contributed by atoms with van der Waals surface area (Å²) in [6, 6.07) is 3.27. The van der Waals surface area contributed by atoms with Crippen LogP contribution < -0.4 is 11.1 Å². The van der Waals surface area contributed by atoms with E-state index in [9.17, 15) is 14.3 Å². The molecule has 1 aliphatic rings. The average molecular weight is 238 g/mol. The van der Waals surface area contributed by atoms with E-state index in [0.29, 0.717) is 6.54 Å². The van der Waals surface area contributed by atoms with Crippen molar-refractivity contribution in [3.63, 3.8) is 0 Å². The van der Waals surface area contributed by atoms with Crippen LogP contribution in [0.15, 0.2) is 18.2 Å². The first kappa shape index (κ1) is 11.9. The van der Waals surface area contributed by atoms with Crippen molar-refractivity contribution >= 4 is 5.91 Å². The molecule has 0 aromatic heterocycles. The number of hydrogen-bond donors (Lipinski definition) is 3. The Kier molecular flexibility index (Phi) is 3.02. The van der Waals surface area contributed by atoms with Crippen LogP contribution in [0.5, 0.6) is 5.75 Å². The predicted octanol–water partition coefficient (Wildman–Crippen LogP) is 1.14. The van der Waals surface area contributed by atoms with E-state index >= 15 is 0 Å². The smallest absolute Gasteiger partial charge is 0.255 e. The minimum Gasteiger partial charge on any atom is -0.507 e. The number of nitrogens with one attached hydrogen (secondary N) is 1. The normalized spacial score (nSPS) is 17.3. The topological polar surface area (TPSA) is 75.3 Å². The van der Waals surface area contributed by atoms with Crippen molar-refractivity contribution in [1.82, 2.24) is 5.32 Å². The first-order chi connectivity index (χ1) is 8.00. The molecule has 5 heteroatoms. The maximum atomic E-state index is 12.9. The van der Waals surface area contributed by atoms with Gasteiger partial charge >= 0.3 is 0 Å². The Morgan fingerprint density at radius 1 is 1.53 bits per heavy atom. The molecule has 92 valence electrons. The molecule has 1 amide bonds. The monoisotopic (exact) mass is 238 g/mol. The summed E-state index contributed by atoms with van der Waals surface area (Å²) in [5, 5.41) is 12.1. The standard InChI is InChI=1S/C12H15FN2O2/c13-8-2-3-10(16)9(6-8)11(17)15-7-12(14)4-1-5-12/h2-3,6,16H,1,4-5,7,14H2,(H,15,17). The van der Waals surface area contributed by atoms with Crippen molar-refractivity contribution in [1.29, 1.82) is 0 Å². The van der Waals surface area contributed by atoms with Crippen LogP contribution in [-0.2, 0) is 0 Å². The van der Waals surface area contributed by atoms with Crippen LogP contribution in [0.2, 0.25) is 0 Å². The third-order valence-electron chi connectivity index (χ3n) is 3.15. The highest BCUT2D eigenvalue weighted by Crippen LogP contribution is 2.28. The summed E-state index contributed by atoms with van der Waals surface area (Å²) in [6.45, 7) is 0.349. The third-order valence-corrected chi connectivity index (χ3v) is 3.15. The fourth-order valence-corrected chi connectivity index (χ4v) is 1.85. The van der Waals surface area contributed by atoms with Gasteiger partial charge in [-0.1, -0.05) is 0 Å². The highest BCUT2D eigenvalue weighted by Gasteiger charge is 2.32. The highest BCUT2D eigenvalue weighted by atomic mass is 19.1. The molecule has 2 rings (SSSR count). The first-order valence-electron chi connectivity index (χ1n) is 5.56. The second-order valence-electron chi connectivity index (χ2n) is 4.56. The van der Waals surface area contributed by atoms with Crippen LogP contribution in [0.4, 0.5) is 4.39 Å². The Labute approximate surface area is 98.6 Å². The molecule has 0 aliphatic heterocycles. The molecule has 0 radical (unpaired) electrons. The van der Waals surface area contributed by atoms with Gasteiger partial charge in [-0.2, -0.15) is 0 Å². The maximum Gasteiger partial charge on any atom is 0.255 e. The van der Waals surface area contributed by atoms with Crippen LogP contribution in [0.1, 0.15) is 29.6 Å². The van der Waals surface area contributed by atoms with Gasteiger partial charge in [0.15, 0.2) is 0 Å². The predicted molar refractivity (Wildman–Crippen MR) is 61.2 cm³/mol. The van der Waals surface area contributed by atoms with Gasteiger partial charge in [-0.05, 0) is 37.5 Å². The minimum atomic E-state index is -0.556. The van der Waals surface area contributed by atoms with Gasteiger partial charge in [-0.3, -0.25) is 4.79 Å². The molecule has 0 spiro atoms. The van der Waals surface area contributed by atoms with Crippen LogP contribution in [-0.4, -0.2) is 23.1 Å². The lowest BCUT2D eigenvalue weighted by Gasteiger charge is -2.38. The molecule has 4 nitrogen and oxygen atoms in total. The van der Waals surface area contributed by atoms with E-state index < -0.39 is 11.7 Å². The Morgan fingerprint density at radius 2 is 2.24 bits per heavy atom. The summed E-state index contributed by atoms with van der Waals surface area (Å²) in [7, 11) is 0. The number of carbonyl (C=O) groups excluding carboxylic acids is 1. The number of aromatic hydroxyl groups is 1. The molecule has 0 saturated heterocycles. The van der Waals surface area contributed by atoms with Crippen LogP contribution in [0, 0.1) is 5.82 Å². The summed E-state index contributed by atoms with van der Waals surface area (Å²) in [6.07, 6.45) is 2.82. The zero-order valence-corrected chi connectivity index (χ0v) is 9.37. The van der Waals surface area contributed by atoms with E-state index in [1.54, 1.807) is 0 Å². The van der Waals surface area contributed by atoms with Crippen LogP contribution >= 0.6 is 0 Å². The Bertz CT molecular complexity index is 444. The molecule has 0 heterocycles. The second kappa shape index (κ2) is 4.33. The van der Waals surface area contributed by atoms with Crippen molar-refractivity contribution in [2.24, 2.45) is 5.73 Å². The number of hydrogen-bond acceptors (Lipinski definition) is 3. The molecule has 1 saturated carbocycles. The molecule has 1 fully saturated rings.